The second-order valence-electron chi connectivity index (χ2n) is 2.77. The molecule has 1 aromatic rings. The lowest BCUT2D eigenvalue weighted by Crippen LogP contribution is -2.25. The van der Waals surface area contributed by atoms with Crippen molar-refractivity contribution in [1.29, 1.82) is 0 Å². The van der Waals surface area contributed by atoms with Crippen LogP contribution in [0, 0.1) is 12.3 Å². The van der Waals surface area contributed by atoms with E-state index in [1.165, 1.54) is 11.8 Å². The Labute approximate surface area is 93.5 Å². The highest BCUT2D eigenvalue weighted by molar-refractivity contribution is 7.99. The number of imidazole rings is 1. The molecule has 4 nitrogen and oxygen atoms in total. The number of hydrogen-bond donors (Lipinski definition) is 1. The third-order valence-corrected chi connectivity index (χ3v) is 2.74. The minimum atomic E-state index is -0.0661. The molecule has 80 valence electrons. The quantitative estimate of drug-likeness (QED) is 0.592. The maximum Gasteiger partial charge on any atom is 0.231 e. The van der Waals surface area contributed by atoms with E-state index in [-0.39, 0.29) is 12.5 Å². The SMILES string of the molecule is C#CCNC(=O)CSc1nccn1CC. The van der Waals surface area contributed by atoms with E-state index in [1.54, 1.807) is 6.20 Å². The van der Waals surface area contributed by atoms with E-state index in [9.17, 15) is 4.79 Å². The van der Waals surface area contributed by atoms with Gasteiger partial charge in [0, 0.05) is 18.9 Å². The van der Waals surface area contributed by atoms with Crippen molar-refractivity contribution < 1.29 is 4.79 Å². The number of amides is 1. The molecule has 0 unspecified atom stereocenters. The summed E-state index contributed by atoms with van der Waals surface area (Å²) in [6, 6.07) is 0. The van der Waals surface area contributed by atoms with Gasteiger partial charge in [0.05, 0.1) is 12.3 Å². The van der Waals surface area contributed by atoms with Gasteiger partial charge in [0.25, 0.3) is 0 Å². The van der Waals surface area contributed by atoms with Gasteiger partial charge in [-0.3, -0.25) is 4.79 Å². The van der Waals surface area contributed by atoms with E-state index in [0.717, 1.165) is 11.7 Å². The maximum absolute atomic E-state index is 11.2. The number of thioether (sulfide) groups is 1. The van der Waals surface area contributed by atoms with Gasteiger partial charge < -0.3 is 9.88 Å². The molecule has 0 bridgehead atoms. The summed E-state index contributed by atoms with van der Waals surface area (Å²) < 4.78 is 1.99. The van der Waals surface area contributed by atoms with Crippen LogP contribution >= 0.6 is 11.8 Å². The first-order valence-corrected chi connectivity index (χ1v) is 5.60. The number of rotatable bonds is 5. The van der Waals surface area contributed by atoms with Gasteiger partial charge in [-0.1, -0.05) is 17.7 Å². The molecule has 15 heavy (non-hydrogen) atoms. The summed E-state index contributed by atoms with van der Waals surface area (Å²) in [5.74, 6) is 2.63. The average Bonchev–Trinajstić information content (AvgIpc) is 2.70. The molecular formula is C10H13N3OS. The highest BCUT2D eigenvalue weighted by Crippen LogP contribution is 2.14. The van der Waals surface area contributed by atoms with Crippen molar-refractivity contribution in [3.63, 3.8) is 0 Å². The van der Waals surface area contributed by atoms with Crippen LogP contribution in [-0.4, -0.2) is 27.8 Å². The van der Waals surface area contributed by atoms with E-state index in [2.05, 4.69) is 16.2 Å². The van der Waals surface area contributed by atoms with Crippen LogP contribution < -0.4 is 5.32 Å². The molecule has 0 radical (unpaired) electrons. The number of carbonyl (C=O) groups is 1. The van der Waals surface area contributed by atoms with Crippen LogP contribution in [0.25, 0.3) is 0 Å². The van der Waals surface area contributed by atoms with Crippen LogP contribution in [0.1, 0.15) is 6.92 Å². The lowest BCUT2D eigenvalue weighted by molar-refractivity contribution is -0.118. The molecule has 0 aliphatic rings. The fraction of sp³-hybridized carbons (Fsp3) is 0.400. The first kappa shape index (κ1) is 11.7. The standard InChI is InChI=1S/C10H13N3OS/c1-3-5-11-9(14)8-15-10-12-6-7-13(10)4-2/h1,6-7H,4-5,8H2,2H3,(H,11,14). The number of aryl methyl sites for hydroxylation is 1. The Kier molecular flexibility index (Phi) is 4.78. The fourth-order valence-corrected chi connectivity index (χ4v) is 1.86. The van der Waals surface area contributed by atoms with E-state index in [0.29, 0.717) is 5.75 Å². The van der Waals surface area contributed by atoms with Crippen LogP contribution in [-0.2, 0) is 11.3 Å². The Morgan fingerprint density at radius 1 is 1.80 bits per heavy atom. The van der Waals surface area contributed by atoms with Crippen molar-refractivity contribution in [3.05, 3.63) is 12.4 Å². The highest BCUT2D eigenvalue weighted by Gasteiger charge is 2.05. The summed E-state index contributed by atoms with van der Waals surface area (Å²) in [7, 11) is 0. The number of nitrogens with zero attached hydrogens (tertiary/aromatic N) is 2. The molecule has 0 aromatic carbocycles. The Morgan fingerprint density at radius 2 is 2.60 bits per heavy atom. The van der Waals surface area contributed by atoms with Gasteiger partial charge >= 0.3 is 0 Å². The molecule has 1 heterocycles. The van der Waals surface area contributed by atoms with Crippen molar-refractivity contribution >= 4 is 17.7 Å². The fourth-order valence-electron chi connectivity index (χ4n) is 1.01. The molecule has 0 spiro atoms. The van der Waals surface area contributed by atoms with Crippen molar-refractivity contribution in [2.75, 3.05) is 12.3 Å². The molecule has 1 rings (SSSR count). The molecular weight excluding hydrogens is 210 g/mol. The smallest absolute Gasteiger partial charge is 0.231 e. The zero-order valence-corrected chi connectivity index (χ0v) is 9.38. The third-order valence-electron chi connectivity index (χ3n) is 1.74. The van der Waals surface area contributed by atoms with Gasteiger partial charge in [-0.2, -0.15) is 0 Å². The van der Waals surface area contributed by atoms with E-state index >= 15 is 0 Å². The van der Waals surface area contributed by atoms with Crippen LogP contribution in [0.4, 0.5) is 0 Å². The van der Waals surface area contributed by atoms with Crippen LogP contribution in [0.15, 0.2) is 17.6 Å². The lowest BCUT2D eigenvalue weighted by atomic mass is 10.6. The van der Waals surface area contributed by atoms with Crippen LogP contribution in [0.2, 0.25) is 0 Å². The highest BCUT2D eigenvalue weighted by atomic mass is 32.2. The number of terminal acetylenes is 1. The summed E-state index contributed by atoms with van der Waals surface area (Å²) >= 11 is 1.41. The van der Waals surface area contributed by atoms with E-state index < -0.39 is 0 Å². The summed E-state index contributed by atoms with van der Waals surface area (Å²) in [6.07, 6.45) is 8.64. The predicted octanol–water partition coefficient (Wildman–Crippen LogP) is 0.744. The second-order valence-corrected chi connectivity index (χ2v) is 3.71. The molecule has 1 amide bonds. The average molecular weight is 223 g/mol. The van der Waals surface area contributed by atoms with Gasteiger partial charge in [0.2, 0.25) is 5.91 Å². The number of aromatic nitrogens is 2. The minimum absolute atomic E-state index is 0.0661. The van der Waals surface area contributed by atoms with Crippen molar-refractivity contribution in [1.82, 2.24) is 14.9 Å². The Morgan fingerprint density at radius 3 is 3.27 bits per heavy atom. The molecule has 1 aromatic heterocycles. The summed E-state index contributed by atoms with van der Waals surface area (Å²) in [5.41, 5.74) is 0. The van der Waals surface area contributed by atoms with Crippen LogP contribution in [0.3, 0.4) is 0 Å². The van der Waals surface area contributed by atoms with Gasteiger partial charge in [-0.25, -0.2) is 4.98 Å². The van der Waals surface area contributed by atoms with Crippen LogP contribution in [0.5, 0.6) is 0 Å². The largest absolute Gasteiger partial charge is 0.344 e. The van der Waals surface area contributed by atoms with Gasteiger partial charge in [-0.15, -0.1) is 6.42 Å². The molecule has 0 saturated carbocycles. The Balaban J connectivity index is 2.37. The Bertz CT molecular complexity index is 367. The maximum atomic E-state index is 11.2. The first-order chi connectivity index (χ1) is 7.27. The van der Waals surface area contributed by atoms with Crippen molar-refractivity contribution in [2.45, 2.75) is 18.6 Å². The zero-order valence-electron chi connectivity index (χ0n) is 8.56. The molecule has 0 atom stereocenters. The van der Waals surface area contributed by atoms with Gasteiger partial charge in [0.15, 0.2) is 5.16 Å². The number of nitrogens with one attached hydrogen (secondary N) is 1. The molecule has 0 fully saturated rings. The zero-order chi connectivity index (χ0) is 11.1. The Hall–Kier alpha value is -1.41. The molecule has 5 heteroatoms. The molecule has 0 saturated heterocycles. The molecule has 0 aliphatic heterocycles. The summed E-state index contributed by atoms with van der Waals surface area (Å²) in [6.45, 7) is 3.17. The number of carbonyl (C=O) groups excluding carboxylic acids is 1. The molecule has 1 N–H and O–H groups in total. The van der Waals surface area contributed by atoms with Gasteiger partial charge in [-0.05, 0) is 6.92 Å². The number of hydrogen-bond acceptors (Lipinski definition) is 3. The third kappa shape index (κ3) is 3.68. The summed E-state index contributed by atoms with van der Waals surface area (Å²) in [4.78, 5) is 15.4. The second kappa shape index (κ2) is 6.14. The molecule has 0 aliphatic carbocycles. The summed E-state index contributed by atoms with van der Waals surface area (Å²) in [5, 5.41) is 3.45. The van der Waals surface area contributed by atoms with E-state index in [4.69, 9.17) is 6.42 Å². The van der Waals surface area contributed by atoms with Gasteiger partial charge in [0.1, 0.15) is 0 Å². The predicted molar refractivity (Wildman–Crippen MR) is 60.5 cm³/mol. The van der Waals surface area contributed by atoms with Crippen molar-refractivity contribution in [2.24, 2.45) is 0 Å². The minimum Gasteiger partial charge on any atom is -0.344 e. The van der Waals surface area contributed by atoms with E-state index in [1.807, 2.05) is 17.7 Å². The first-order valence-electron chi connectivity index (χ1n) is 4.62. The normalized spacial score (nSPS) is 9.60. The lowest BCUT2D eigenvalue weighted by Gasteiger charge is -2.03. The topological polar surface area (TPSA) is 46.9 Å². The monoisotopic (exact) mass is 223 g/mol. The van der Waals surface area contributed by atoms with Crippen molar-refractivity contribution in [3.8, 4) is 12.3 Å².